The summed E-state index contributed by atoms with van der Waals surface area (Å²) in [5.74, 6) is 0.0430. The molecule has 14 heavy (non-hydrogen) atoms. The first-order chi connectivity index (χ1) is 6.77. The molecule has 1 rings (SSSR count). The first kappa shape index (κ1) is 11.5. The summed E-state index contributed by atoms with van der Waals surface area (Å²) in [6.07, 6.45) is 5.03. The molecule has 3 N–H and O–H groups in total. The summed E-state index contributed by atoms with van der Waals surface area (Å²) in [5, 5.41) is 2.98. The van der Waals surface area contributed by atoms with Crippen LogP contribution < -0.4 is 11.1 Å². The lowest BCUT2D eigenvalue weighted by molar-refractivity contribution is -0.123. The molecule has 0 spiro atoms. The minimum Gasteiger partial charge on any atom is -0.379 e. The summed E-state index contributed by atoms with van der Waals surface area (Å²) in [5.41, 5.74) is 5.31. The van der Waals surface area contributed by atoms with Gasteiger partial charge in [-0.2, -0.15) is 0 Å². The molecular weight excluding hydrogens is 180 g/mol. The van der Waals surface area contributed by atoms with Gasteiger partial charge in [-0.05, 0) is 12.8 Å². The maximum absolute atomic E-state index is 11.3. The quantitative estimate of drug-likeness (QED) is 0.691. The Kier molecular flexibility index (Phi) is 4.90. The predicted molar refractivity (Wildman–Crippen MR) is 54.9 cm³/mol. The number of hydrogen-bond donors (Lipinski definition) is 2. The molecule has 1 aliphatic rings. The van der Waals surface area contributed by atoms with Gasteiger partial charge in [0.2, 0.25) is 5.91 Å². The molecule has 4 heteroatoms. The van der Waals surface area contributed by atoms with Crippen molar-refractivity contribution in [2.24, 2.45) is 5.73 Å². The Morgan fingerprint density at radius 1 is 1.50 bits per heavy atom. The zero-order valence-electron chi connectivity index (χ0n) is 8.79. The van der Waals surface area contributed by atoms with Crippen molar-refractivity contribution in [3.05, 3.63) is 0 Å². The molecule has 1 amide bonds. The molecule has 0 saturated heterocycles. The van der Waals surface area contributed by atoms with E-state index < -0.39 is 0 Å². The van der Waals surface area contributed by atoms with E-state index >= 15 is 0 Å². The lowest BCUT2D eigenvalue weighted by Crippen LogP contribution is -2.46. The van der Waals surface area contributed by atoms with Crippen LogP contribution >= 0.6 is 0 Å². The van der Waals surface area contributed by atoms with E-state index in [-0.39, 0.29) is 18.1 Å². The molecule has 4 nitrogen and oxygen atoms in total. The van der Waals surface area contributed by atoms with Gasteiger partial charge in [0.05, 0.1) is 12.1 Å². The Morgan fingerprint density at radius 2 is 2.21 bits per heavy atom. The lowest BCUT2D eigenvalue weighted by atomic mass is 9.92. The van der Waals surface area contributed by atoms with E-state index in [0.29, 0.717) is 13.0 Å². The van der Waals surface area contributed by atoms with Crippen LogP contribution in [0.1, 0.15) is 32.1 Å². The van der Waals surface area contributed by atoms with Gasteiger partial charge in [-0.1, -0.05) is 12.8 Å². The monoisotopic (exact) mass is 200 g/mol. The highest BCUT2D eigenvalue weighted by Gasteiger charge is 2.25. The van der Waals surface area contributed by atoms with Gasteiger partial charge in [0.1, 0.15) is 0 Å². The molecule has 2 unspecified atom stereocenters. The normalized spacial score (nSPS) is 27.3. The SMILES string of the molecule is COC1CCCCC1NC(=O)CCN. The van der Waals surface area contributed by atoms with Crippen molar-refractivity contribution >= 4 is 5.91 Å². The third kappa shape index (κ3) is 3.27. The van der Waals surface area contributed by atoms with Crippen molar-refractivity contribution in [3.8, 4) is 0 Å². The van der Waals surface area contributed by atoms with E-state index in [0.717, 1.165) is 12.8 Å². The molecule has 82 valence electrons. The molecule has 0 aromatic carbocycles. The number of nitrogens with one attached hydrogen (secondary N) is 1. The van der Waals surface area contributed by atoms with Crippen LogP contribution in [0.2, 0.25) is 0 Å². The van der Waals surface area contributed by atoms with Crippen LogP contribution in [0, 0.1) is 0 Å². The zero-order valence-corrected chi connectivity index (χ0v) is 8.79. The van der Waals surface area contributed by atoms with Gasteiger partial charge >= 0.3 is 0 Å². The highest BCUT2D eigenvalue weighted by atomic mass is 16.5. The van der Waals surface area contributed by atoms with E-state index in [1.54, 1.807) is 7.11 Å². The van der Waals surface area contributed by atoms with Crippen LogP contribution in [0.25, 0.3) is 0 Å². The fourth-order valence-corrected chi connectivity index (χ4v) is 1.95. The first-order valence-corrected chi connectivity index (χ1v) is 5.30. The summed E-state index contributed by atoms with van der Waals surface area (Å²) in [6, 6.07) is 0.188. The van der Waals surface area contributed by atoms with Crippen LogP contribution in [-0.2, 0) is 9.53 Å². The summed E-state index contributed by atoms with van der Waals surface area (Å²) >= 11 is 0. The van der Waals surface area contributed by atoms with Crippen molar-refractivity contribution < 1.29 is 9.53 Å². The molecule has 0 radical (unpaired) electrons. The molecule has 0 heterocycles. The molecule has 1 fully saturated rings. The van der Waals surface area contributed by atoms with Crippen LogP contribution in [-0.4, -0.2) is 31.7 Å². The van der Waals surface area contributed by atoms with Gasteiger partial charge in [-0.3, -0.25) is 4.79 Å². The fourth-order valence-electron chi connectivity index (χ4n) is 1.95. The average molecular weight is 200 g/mol. The molecule has 1 aliphatic carbocycles. The van der Waals surface area contributed by atoms with Crippen LogP contribution in [0.4, 0.5) is 0 Å². The highest BCUT2D eigenvalue weighted by Crippen LogP contribution is 2.20. The number of amides is 1. The molecule has 0 aromatic rings. The van der Waals surface area contributed by atoms with Gasteiger partial charge in [0.25, 0.3) is 0 Å². The van der Waals surface area contributed by atoms with E-state index in [1.165, 1.54) is 12.8 Å². The average Bonchev–Trinajstić information content (AvgIpc) is 2.19. The first-order valence-electron chi connectivity index (χ1n) is 5.30. The number of nitrogens with two attached hydrogens (primary N) is 1. The van der Waals surface area contributed by atoms with E-state index in [2.05, 4.69) is 5.32 Å². The Hall–Kier alpha value is -0.610. The number of methoxy groups -OCH3 is 1. The molecule has 1 saturated carbocycles. The van der Waals surface area contributed by atoms with Crippen LogP contribution in [0.3, 0.4) is 0 Å². The number of ether oxygens (including phenoxy) is 1. The molecule has 2 atom stereocenters. The van der Waals surface area contributed by atoms with E-state index in [9.17, 15) is 4.79 Å². The number of hydrogen-bond acceptors (Lipinski definition) is 3. The number of carbonyl (C=O) groups is 1. The summed E-state index contributed by atoms with van der Waals surface area (Å²) in [6.45, 7) is 0.413. The fraction of sp³-hybridized carbons (Fsp3) is 0.900. The third-order valence-electron chi connectivity index (χ3n) is 2.72. The summed E-state index contributed by atoms with van der Waals surface area (Å²) < 4.78 is 5.34. The van der Waals surface area contributed by atoms with Crippen molar-refractivity contribution in [2.75, 3.05) is 13.7 Å². The van der Waals surface area contributed by atoms with Gasteiger partial charge in [-0.15, -0.1) is 0 Å². The van der Waals surface area contributed by atoms with E-state index in [4.69, 9.17) is 10.5 Å². The Labute approximate surface area is 85.2 Å². The zero-order chi connectivity index (χ0) is 10.4. The minimum absolute atomic E-state index is 0.0430. The Morgan fingerprint density at radius 3 is 2.86 bits per heavy atom. The van der Waals surface area contributed by atoms with E-state index in [1.807, 2.05) is 0 Å². The standard InChI is InChI=1S/C10H20N2O2/c1-14-9-5-3-2-4-8(9)12-10(13)6-7-11/h8-9H,2-7,11H2,1H3,(H,12,13). The number of carbonyl (C=O) groups excluding carboxylic acids is 1. The molecular formula is C10H20N2O2. The second kappa shape index (κ2) is 5.98. The Balaban J connectivity index is 2.36. The van der Waals surface area contributed by atoms with Crippen molar-refractivity contribution in [2.45, 2.75) is 44.2 Å². The van der Waals surface area contributed by atoms with Crippen molar-refractivity contribution in [1.29, 1.82) is 0 Å². The maximum Gasteiger partial charge on any atom is 0.221 e. The van der Waals surface area contributed by atoms with Gasteiger partial charge in [-0.25, -0.2) is 0 Å². The predicted octanol–water partition coefficient (Wildman–Crippen LogP) is 0.409. The topological polar surface area (TPSA) is 64.3 Å². The van der Waals surface area contributed by atoms with Gasteiger partial charge in [0.15, 0.2) is 0 Å². The van der Waals surface area contributed by atoms with Crippen molar-refractivity contribution in [1.82, 2.24) is 5.32 Å². The minimum atomic E-state index is 0.0430. The van der Waals surface area contributed by atoms with Gasteiger partial charge < -0.3 is 15.8 Å². The molecule has 0 aromatic heterocycles. The summed E-state index contributed by atoms with van der Waals surface area (Å²) in [7, 11) is 1.71. The van der Waals surface area contributed by atoms with Crippen LogP contribution in [0.5, 0.6) is 0 Å². The smallest absolute Gasteiger partial charge is 0.221 e. The third-order valence-corrected chi connectivity index (χ3v) is 2.72. The largest absolute Gasteiger partial charge is 0.379 e. The second-order valence-electron chi connectivity index (χ2n) is 3.77. The molecule has 0 aliphatic heterocycles. The highest BCUT2D eigenvalue weighted by molar-refractivity contribution is 5.76. The maximum atomic E-state index is 11.3. The van der Waals surface area contributed by atoms with Gasteiger partial charge in [0, 0.05) is 20.1 Å². The Bertz CT molecular complexity index is 185. The van der Waals surface area contributed by atoms with Crippen LogP contribution in [0.15, 0.2) is 0 Å². The summed E-state index contributed by atoms with van der Waals surface area (Å²) in [4.78, 5) is 11.3. The van der Waals surface area contributed by atoms with Crippen molar-refractivity contribution in [3.63, 3.8) is 0 Å². The molecule has 0 bridgehead atoms. The number of rotatable bonds is 4. The lowest BCUT2D eigenvalue weighted by Gasteiger charge is -2.31. The second-order valence-corrected chi connectivity index (χ2v) is 3.77.